The minimum absolute atomic E-state index is 0.338. The van der Waals surface area contributed by atoms with Gasteiger partial charge < -0.3 is 14.9 Å². The van der Waals surface area contributed by atoms with Crippen molar-refractivity contribution in [2.45, 2.75) is 13.0 Å². The Morgan fingerprint density at radius 3 is 2.72 bits per heavy atom. The van der Waals surface area contributed by atoms with Gasteiger partial charge in [-0.05, 0) is 64.3 Å². The first kappa shape index (κ1) is 13.5. The molecule has 0 saturated carbocycles. The van der Waals surface area contributed by atoms with Crippen LogP contribution in [0.5, 0.6) is 5.75 Å². The highest BCUT2D eigenvalue weighted by atomic mass is 79.9. The molecule has 2 rings (SSSR count). The highest BCUT2D eigenvalue weighted by Gasteiger charge is 2.14. The lowest BCUT2D eigenvalue weighted by molar-refractivity contribution is 0.338. The molecule has 0 aliphatic heterocycles. The molecule has 2 aromatic rings. The molecule has 0 aliphatic carbocycles. The fraction of sp³-hybridized carbons (Fsp3) is 0.231. The van der Waals surface area contributed by atoms with Crippen LogP contribution in [0.15, 0.2) is 39.2 Å². The summed E-state index contributed by atoms with van der Waals surface area (Å²) >= 11 is 9.20. The summed E-state index contributed by atoms with van der Waals surface area (Å²) in [4.78, 5) is 0. The van der Waals surface area contributed by atoms with Crippen LogP contribution in [0, 0.1) is 0 Å². The van der Waals surface area contributed by atoms with E-state index in [9.17, 15) is 0 Å². The molecular formula is C13H13BrClNO2. The van der Waals surface area contributed by atoms with Crippen molar-refractivity contribution in [1.82, 2.24) is 0 Å². The summed E-state index contributed by atoms with van der Waals surface area (Å²) in [5.74, 6) is 1.43. The molecule has 0 spiro atoms. The van der Waals surface area contributed by atoms with Gasteiger partial charge in [-0.25, -0.2) is 0 Å². The smallest absolute Gasteiger partial charge is 0.193 e. The van der Waals surface area contributed by atoms with E-state index in [2.05, 4.69) is 15.9 Å². The third kappa shape index (κ3) is 2.88. The molecule has 1 aromatic heterocycles. The minimum atomic E-state index is -0.343. The van der Waals surface area contributed by atoms with Gasteiger partial charge in [0.25, 0.3) is 0 Å². The van der Waals surface area contributed by atoms with Gasteiger partial charge >= 0.3 is 0 Å². The Kier molecular flexibility index (Phi) is 4.32. The van der Waals surface area contributed by atoms with Gasteiger partial charge in [-0.15, -0.1) is 0 Å². The van der Waals surface area contributed by atoms with Gasteiger partial charge in [-0.2, -0.15) is 0 Å². The number of hydrogen-bond acceptors (Lipinski definition) is 3. The zero-order valence-electron chi connectivity index (χ0n) is 9.82. The number of rotatable bonds is 4. The van der Waals surface area contributed by atoms with Gasteiger partial charge in [0, 0.05) is 0 Å². The molecule has 1 atom stereocenters. The topological polar surface area (TPSA) is 48.4 Å². The Hall–Kier alpha value is -0.970. The Morgan fingerprint density at radius 1 is 1.39 bits per heavy atom. The van der Waals surface area contributed by atoms with Crippen LogP contribution in [-0.4, -0.2) is 6.61 Å². The second-order valence-corrected chi connectivity index (χ2v) is 4.97. The third-order valence-corrected chi connectivity index (χ3v) is 3.34. The van der Waals surface area contributed by atoms with E-state index in [-0.39, 0.29) is 6.04 Å². The lowest BCUT2D eigenvalue weighted by Crippen LogP contribution is -2.11. The van der Waals surface area contributed by atoms with Crippen molar-refractivity contribution in [2.24, 2.45) is 5.73 Å². The molecule has 96 valence electrons. The van der Waals surface area contributed by atoms with Gasteiger partial charge in [-0.1, -0.05) is 6.07 Å². The zero-order valence-corrected chi connectivity index (χ0v) is 12.2. The van der Waals surface area contributed by atoms with E-state index in [0.29, 0.717) is 17.6 Å². The van der Waals surface area contributed by atoms with E-state index in [0.717, 1.165) is 15.8 Å². The summed E-state index contributed by atoms with van der Waals surface area (Å²) < 4.78 is 11.6. The summed E-state index contributed by atoms with van der Waals surface area (Å²) in [5, 5.41) is 0.338. The van der Waals surface area contributed by atoms with Crippen molar-refractivity contribution in [3.63, 3.8) is 0 Å². The zero-order chi connectivity index (χ0) is 13.1. The molecule has 0 bridgehead atoms. The van der Waals surface area contributed by atoms with E-state index in [1.807, 2.05) is 25.1 Å². The van der Waals surface area contributed by atoms with E-state index in [4.69, 9.17) is 26.5 Å². The molecule has 0 aliphatic rings. The van der Waals surface area contributed by atoms with Crippen molar-refractivity contribution >= 4 is 27.5 Å². The highest BCUT2D eigenvalue weighted by molar-refractivity contribution is 9.10. The summed E-state index contributed by atoms with van der Waals surface area (Å²) in [6.07, 6.45) is 0. The van der Waals surface area contributed by atoms with Crippen LogP contribution >= 0.6 is 27.5 Å². The first-order chi connectivity index (χ1) is 8.61. The number of hydrogen-bond donors (Lipinski definition) is 1. The van der Waals surface area contributed by atoms with Crippen LogP contribution in [0.1, 0.15) is 24.3 Å². The fourth-order valence-corrected chi connectivity index (χ4v) is 2.31. The van der Waals surface area contributed by atoms with Gasteiger partial charge in [0.15, 0.2) is 5.22 Å². The number of ether oxygens (including phenoxy) is 1. The van der Waals surface area contributed by atoms with Crippen LogP contribution in [0.3, 0.4) is 0 Å². The Balaban J connectivity index is 2.26. The fourth-order valence-electron chi connectivity index (χ4n) is 1.64. The molecule has 5 heteroatoms. The van der Waals surface area contributed by atoms with Crippen LogP contribution in [0.4, 0.5) is 0 Å². The molecule has 2 N–H and O–H groups in total. The molecule has 18 heavy (non-hydrogen) atoms. The highest BCUT2D eigenvalue weighted by Crippen LogP contribution is 2.30. The van der Waals surface area contributed by atoms with E-state index in [1.54, 1.807) is 12.1 Å². The van der Waals surface area contributed by atoms with E-state index in [1.165, 1.54) is 0 Å². The normalized spacial score (nSPS) is 12.4. The van der Waals surface area contributed by atoms with Crippen LogP contribution in [-0.2, 0) is 0 Å². The molecule has 0 saturated heterocycles. The predicted molar refractivity (Wildman–Crippen MR) is 75.1 cm³/mol. The number of benzene rings is 1. The first-order valence-electron chi connectivity index (χ1n) is 5.55. The van der Waals surface area contributed by atoms with Gasteiger partial charge in [0.2, 0.25) is 0 Å². The van der Waals surface area contributed by atoms with Gasteiger partial charge in [0.1, 0.15) is 11.5 Å². The van der Waals surface area contributed by atoms with Gasteiger partial charge in [0.05, 0.1) is 17.1 Å². The maximum Gasteiger partial charge on any atom is 0.193 e. The number of halogens is 2. The van der Waals surface area contributed by atoms with Crippen molar-refractivity contribution in [1.29, 1.82) is 0 Å². The van der Waals surface area contributed by atoms with Crippen LogP contribution in [0.2, 0.25) is 5.22 Å². The van der Waals surface area contributed by atoms with Crippen molar-refractivity contribution < 1.29 is 9.15 Å². The molecule has 0 fully saturated rings. The van der Waals surface area contributed by atoms with Gasteiger partial charge in [-0.3, -0.25) is 0 Å². The molecule has 1 heterocycles. The predicted octanol–water partition coefficient (Wildman–Crippen LogP) is 4.14. The number of nitrogens with two attached hydrogens (primary N) is 1. The molecule has 3 nitrogen and oxygen atoms in total. The molecule has 0 amide bonds. The molecule has 1 unspecified atom stereocenters. The summed E-state index contributed by atoms with van der Waals surface area (Å²) in [7, 11) is 0. The molecular weight excluding hydrogens is 318 g/mol. The van der Waals surface area contributed by atoms with Crippen LogP contribution in [0.25, 0.3) is 0 Å². The summed E-state index contributed by atoms with van der Waals surface area (Å²) in [5.41, 5.74) is 7.04. The summed E-state index contributed by atoms with van der Waals surface area (Å²) in [6.45, 7) is 2.56. The number of furan rings is 1. The first-order valence-corrected chi connectivity index (χ1v) is 6.72. The maximum atomic E-state index is 6.11. The Labute approximate surface area is 119 Å². The Morgan fingerprint density at radius 2 is 2.17 bits per heavy atom. The SMILES string of the molecule is CCOc1ccc(C(N)c2ccc(Cl)o2)cc1Br. The second-order valence-electron chi connectivity index (χ2n) is 3.74. The quantitative estimate of drug-likeness (QED) is 0.916. The maximum absolute atomic E-state index is 6.11. The molecule has 0 radical (unpaired) electrons. The van der Waals surface area contributed by atoms with Crippen molar-refractivity contribution in [3.8, 4) is 5.75 Å². The second kappa shape index (κ2) is 5.78. The van der Waals surface area contributed by atoms with Crippen LogP contribution < -0.4 is 10.5 Å². The lowest BCUT2D eigenvalue weighted by atomic mass is 10.1. The van der Waals surface area contributed by atoms with E-state index < -0.39 is 0 Å². The Bertz CT molecular complexity index is 542. The minimum Gasteiger partial charge on any atom is -0.493 e. The third-order valence-electron chi connectivity index (χ3n) is 2.52. The van der Waals surface area contributed by atoms with Crippen molar-refractivity contribution in [2.75, 3.05) is 6.61 Å². The summed E-state index contributed by atoms with van der Waals surface area (Å²) in [6, 6.07) is 8.83. The monoisotopic (exact) mass is 329 g/mol. The largest absolute Gasteiger partial charge is 0.493 e. The van der Waals surface area contributed by atoms with E-state index >= 15 is 0 Å². The lowest BCUT2D eigenvalue weighted by Gasteiger charge is -2.12. The average molecular weight is 331 g/mol. The molecule has 1 aromatic carbocycles. The standard InChI is InChI=1S/C13H13BrClNO2/c1-2-17-10-4-3-8(7-9(10)14)13(16)11-5-6-12(15)18-11/h3-7,13H,2,16H2,1H3. The van der Waals surface area contributed by atoms with Crippen molar-refractivity contribution in [3.05, 3.63) is 51.3 Å². The average Bonchev–Trinajstić information content (AvgIpc) is 2.78.